The van der Waals surface area contributed by atoms with Crippen molar-refractivity contribution in [1.82, 2.24) is 4.98 Å². The van der Waals surface area contributed by atoms with E-state index in [0.717, 1.165) is 22.3 Å². The lowest BCUT2D eigenvalue weighted by molar-refractivity contribution is 0.475. The molecule has 0 aliphatic rings. The zero-order valence-electron chi connectivity index (χ0n) is 11.4. The Labute approximate surface area is 131 Å². The van der Waals surface area contributed by atoms with Crippen LogP contribution >= 0.6 is 11.6 Å². The van der Waals surface area contributed by atoms with Gasteiger partial charge in [0, 0.05) is 17.3 Å². The number of aromatic nitrogens is 1. The molecule has 5 heteroatoms. The third kappa shape index (κ3) is 2.73. The molecule has 0 saturated carbocycles. The lowest BCUT2D eigenvalue weighted by atomic mass is 10.0. The predicted octanol–water partition coefficient (Wildman–Crippen LogP) is 4.50. The number of aromatic hydroxyl groups is 1. The second-order valence-electron chi connectivity index (χ2n) is 4.83. The van der Waals surface area contributed by atoms with Crippen LogP contribution in [-0.4, -0.2) is 10.1 Å². The van der Waals surface area contributed by atoms with Crippen molar-refractivity contribution in [3.63, 3.8) is 0 Å². The minimum Gasteiger partial charge on any atom is -0.508 e. The van der Waals surface area contributed by atoms with E-state index in [0.29, 0.717) is 5.82 Å². The molecule has 22 heavy (non-hydrogen) atoms. The van der Waals surface area contributed by atoms with Gasteiger partial charge in [0.15, 0.2) is 0 Å². The van der Waals surface area contributed by atoms with E-state index in [2.05, 4.69) is 4.98 Å². The van der Waals surface area contributed by atoms with E-state index >= 15 is 0 Å². The molecule has 0 spiro atoms. The fraction of sp³-hybridized carbons (Fsp3) is 0. The zero-order chi connectivity index (χ0) is 15.7. The molecule has 3 rings (SSSR count). The van der Waals surface area contributed by atoms with Gasteiger partial charge in [-0.05, 0) is 41.5 Å². The molecule has 3 nitrogen and oxygen atoms in total. The number of pyridine rings is 1. The van der Waals surface area contributed by atoms with Gasteiger partial charge in [-0.25, -0.2) is 9.37 Å². The molecule has 110 valence electrons. The average molecular weight is 315 g/mol. The van der Waals surface area contributed by atoms with Crippen LogP contribution in [0.1, 0.15) is 0 Å². The molecule has 0 radical (unpaired) electrons. The summed E-state index contributed by atoms with van der Waals surface area (Å²) in [6, 6.07) is 13.0. The molecular weight excluding hydrogens is 303 g/mol. The van der Waals surface area contributed by atoms with Gasteiger partial charge in [-0.1, -0.05) is 29.8 Å². The minimum absolute atomic E-state index is 0.0560. The lowest BCUT2D eigenvalue weighted by Gasteiger charge is -2.09. The summed E-state index contributed by atoms with van der Waals surface area (Å²) in [6.45, 7) is 0. The first-order valence-electron chi connectivity index (χ1n) is 6.55. The van der Waals surface area contributed by atoms with E-state index in [-0.39, 0.29) is 10.8 Å². The number of hydrogen-bond acceptors (Lipinski definition) is 3. The van der Waals surface area contributed by atoms with Crippen molar-refractivity contribution in [2.75, 3.05) is 5.73 Å². The summed E-state index contributed by atoms with van der Waals surface area (Å²) in [4.78, 5) is 4.18. The van der Waals surface area contributed by atoms with Crippen LogP contribution in [0, 0.1) is 5.82 Å². The SMILES string of the molecule is Nc1ncc(-c2ccc(F)c(Cl)c2)cc1-c1ccc(O)cc1. The van der Waals surface area contributed by atoms with Crippen LogP contribution in [0.15, 0.2) is 54.7 Å². The van der Waals surface area contributed by atoms with Crippen molar-refractivity contribution >= 4 is 17.4 Å². The second-order valence-corrected chi connectivity index (χ2v) is 5.24. The number of nitrogens with two attached hydrogens (primary N) is 1. The highest BCUT2D eigenvalue weighted by Gasteiger charge is 2.09. The van der Waals surface area contributed by atoms with Crippen LogP contribution in [0.25, 0.3) is 22.3 Å². The fourth-order valence-electron chi connectivity index (χ4n) is 2.18. The molecule has 2 aromatic carbocycles. The van der Waals surface area contributed by atoms with Gasteiger partial charge in [-0.3, -0.25) is 0 Å². The van der Waals surface area contributed by atoms with Gasteiger partial charge in [0.05, 0.1) is 5.02 Å². The molecule has 1 heterocycles. The van der Waals surface area contributed by atoms with Gasteiger partial charge in [0.2, 0.25) is 0 Å². The zero-order valence-corrected chi connectivity index (χ0v) is 12.2. The highest BCUT2D eigenvalue weighted by atomic mass is 35.5. The Hall–Kier alpha value is -2.59. The number of halogens is 2. The quantitative estimate of drug-likeness (QED) is 0.732. The van der Waals surface area contributed by atoms with Gasteiger partial charge < -0.3 is 10.8 Å². The van der Waals surface area contributed by atoms with Gasteiger partial charge in [-0.15, -0.1) is 0 Å². The Morgan fingerprint density at radius 1 is 0.955 bits per heavy atom. The predicted molar refractivity (Wildman–Crippen MR) is 86.2 cm³/mol. The van der Waals surface area contributed by atoms with Crippen LogP contribution < -0.4 is 5.73 Å². The highest BCUT2D eigenvalue weighted by Crippen LogP contribution is 2.31. The average Bonchev–Trinajstić information content (AvgIpc) is 2.52. The smallest absolute Gasteiger partial charge is 0.141 e. The highest BCUT2D eigenvalue weighted by molar-refractivity contribution is 6.31. The molecule has 0 saturated heterocycles. The molecule has 0 aliphatic carbocycles. The van der Waals surface area contributed by atoms with Crippen molar-refractivity contribution < 1.29 is 9.50 Å². The van der Waals surface area contributed by atoms with E-state index in [1.165, 1.54) is 6.07 Å². The summed E-state index contributed by atoms with van der Waals surface area (Å²) < 4.78 is 13.3. The Morgan fingerprint density at radius 3 is 2.32 bits per heavy atom. The maximum Gasteiger partial charge on any atom is 0.141 e. The monoisotopic (exact) mass is 314 g/mol. The number of nitrogens with zero attached hydrogens (tertiary/aromatic N) is 1. The number of phenols is 1. The standard InChI is InChI=1S/C17H12ClFN2O/c18-15-8-11(3-6-16(15)19)12-7-14(17(20)21-9-12)10-1-4-13(22)5-2-10/h1-9,22H,(H2,20,21). The number of nitrogen functional groups attached to an aromatic ring is 1. The third-order valence-corrected chi connectivity index (χ3v) is 3.64. The van der Waals surface area contributed by atoms with E-state index in [4.69, 9.17) is 17.3 Å². The first-order valence-corrected chi connectivity index (χ1v) is 6.93. The van der Waals surface area contributed by atoms with Gasteiger partial charge >= 0.3 is 0 Å². The van der Waals surface area contributed by atoms with E-state index in [1.807, 2.05) is 6.07 Å². The van der Waals surface area contributed by atoms with Gasteiger partial charge in [0.25, 0.3) is 0 Å². The van der Waals surface area contributed by atoms with Crippen molar-refractivity contribution in [3.8, 4) is 28.0 Å². The summed E-state index contributed by atoms with van der Waals surface area (Å²) in [5.74, 6) is 0.0898. The Kier molecular flexibility index (Phi) is 3.69. The largest absolute Gasteiger partial charge is 0.508 e. The third-order valence-electron chi connectivity index (χ3n) is 3.35. The fourth-order valence-corrected chi connectivity index (χ4v) is 2.36. The number of hydrogen-bond donors (Lipinski definition) is 2. The van der Waals surface area contributed by atoms with Crippen LogP contribution in [0.5, 0.6) is 5.75 Å². The molecule has 0 amide bonds. The maximum atomic E-state index is 13.3. The number of benzene rings is 2. The van der Waals surface area contributed by atoms with Crippen LogP contribution in [0.4, 0.5) is 10.2 Å². The maximum absolute atomic E-state index is 13.3. The summed E-state index contributed by atoms with van der Waals surface area (Å²) in [5, 5.41) is 9.42. The van der Waals surface area contributed by atoms with E-state index in [1.54, 1.807) is 42.6 Å². The summed E-state index contributed by atoms with van der Waals surface area (Å²) in [5.41, 5.74) is 9.02. The van der Waals surface area contributed by atoms with Crippen molar-refractivity contribution in [1.29, 1.82) is 0 Å². The summed E-state index contributed by atoms with van der Waals surface area (Å²) >= 11 is 5.82. The van der Waals surface area contributed by atoms with E-state index in [9.17, 15) is 9.50 Å². The lowest BCUT2D eigenvalue weighted by Crippen LogP contribution is -1.95. The Bertz CT molecular complexity index is 835. The van der Waals surface area contributed by atoms with E-state index < -0.39 is 5.82 Å². The Balaban J connectivity index is 2.09. The molecular formula is C17H12ClFN2O. The van der Waals surface area contributed by atoms with Crippen molar-refractivity contribution in [2.45, 2.75) is 0 Å². The second kappa shape index (κ2) is 5.66. The topological polar surface area (TPSA) is 59.1 Å². The normalized spacial score (nSPS) is 10.6. The molecule has 1 aromatic heterocycles. The van der Waals surface area contributed by atoms with Crippen molar-refractivity contribution in [2.24, 2.45) is 0 Å². The summed E-state index contributed by atoms with van der Waals surface area (Å²) in [7, 11) is 0. The molecule has 0 aliphatic heterocycles. The number of anilines is 1. The minimum atomic E-state index is -0.465. The van der Waals surface area contributed by atoms with Crippen LogP contribution in [0.2, 0.25) is 5.02 Å². The van der Waals surface area contributed by atoms with Gasteiger partial charge in [-0.2, -0.15) is 0 Å². The van der Waals surface area contributed by atoms with Crippen LogP contribution in [-0.2, 0) is 0 Å². The summed E-state index contributed by atoms with van der Waals surface area (Å²) in [6.07, 6.45) is 1.61. The Morgan fingerprint density at radius 2 is 1.64 bits per heavy atom. The molecule has 0 atom stereocenters. The molecule has 3 aromatic rings. The number of phenolic OH excluding ortho intramolecular Hbond substituents is 1. The molecule has 0 fully saturated rings. The molecule has 0 unspecified atom stereocenters. The van der Waals surface area contributed by atoms with Crippen molar-refractivity contribution in [3.05, 3.63) is 65.6 Å². The van der Waals surface area contributed by atoms with Gasteiger partial charge in [0.1, 0.15) is 17.4 Å². The molecule has 0 bridgehead atoms. The first kappa shape index (κ1) is 14.4. The number of rotatable bonds is 2. The van der Waals surface area contributed by atoms with Crippen LogP contribution in [0.3, 0.4) is 0 Å². The first-order chi connectivity index (χ1) is 10.5. The molecule has 3 N–H and O–H groups in total.